The molecule has 0 N–H and O–H groups in total. The molecule has 2 rings (SSSR count). The van der Waals surface area contributed by atoms with E-state index >= 15 is 0 Å². The standard InChI is InChI=1S/C10H9N3O2/c1-6-4-3-5-11-8(6)9-12-10(7(2)14)15-13-9/h3-5H,1-2H3. The van der Waals surface area contributed by atoms with Gasteiger partial charge in [0.05, 0.1) is 0 Å². The molecular weight excluding hydrogens is 194 g/mol. The van der Waals surface area contributed by atoms with Gasteiger partial charge in [0.2, 0.25) is 11.6 Å². The lowest BCUT2D eigenvalue weighted by molar-refractivity contribution is 0.0972. The lowest BCUT2D eigenvalue weighted by Crippen LogP contribution is -1.93. The van der Waals surface area contributed by atoms with Gasteiger partial charge in [-0.05, 0) is 18.6 Å². The number of aryl methyl sites for hydroxylation is 1. The van der Waals surface area contributed by atoms with Gasteiger partial charge >= 0.3 is 0 Å². The van der Waals surface area contributed by atoms with Gasteiger partial charge in [-0.1, -0.05) is 11.2 Å². The Hall–Kier alpha value is -2.04. The van der Waals surface area contributed by atoms with Gasteiger partial charge in [-0.2, -0.15) is 4.98 Å². The molecule has 0 radical (unpaired) electrons. The van der Waals surface area contributed by atoms with E-state index in [1.165, 1.54) is 6.92 Å². The molecule has 0 saturated carbocycles. The zero-order chi connectivity index (χ0) is 10.8. The SMILES string of the molecule is CC(=O)c1nc(-c2ncccc2C)no1. The molecule has 0 aliphatic heterocycles. The minimum atomic E-state index is -0.248. The van der Waals surface area contributed by atoms with Crippen LogP contribution in [0.15, 0.2) is 22.9 Å². The van der Waals surface area contributed by atoms with Crippen molar-refractivity contribution in [2.24, 2.45) is 0 Å². The number of ketones is 1. The first-order valence-corrected chi connectivity index (χ1v) is 4.45. The molecule has 0 spiro atoms. The van der Waals surface area contributed by atoms with Crippen molar-refractivity contribution >= 4 is 5.78 Å². The predicted molar refractivity (Wildman–Crippen MR) is 52.3 cm³/mol. The zero-order valence-corrected chi connectivity index (χ0v) is 8.39. The van der Waals surface area contributed by atoms with Crippen molar-refractivity contribution in [2.75, 3.05) is 0 Å². The van der Waals surface area contributed by atoms with Crippen LogP contribution < -0.4 is 0 Å². The van der Waals surface area contributed by atoms with Crippen molar-refractivity contribution in [1.29, 1.82) is 0 Å². The number of aromatic nitrogens is 3. The predicted octanol–water partition coefficient (Wildman–Crippen LogP) is 1.64. The Morgan fingerprint density at radius 2 is 2.27 bits per heavy atom. The second-order valence-electron chi connectivity index (χ2n) is 3.15. The van der Waals surface area contributed by atoms with Crippen molar-refractivity contribution in [1.82, 2.24) is 15.1 Å². The number of pyridine rings is 1. The van der Waals surface area contributed by atoms with Crippen molar-refractivity contribution in [3.63, 3.8) is 0 Å². The highest BCUT2D eigenvalue weighted by molar-refractivity contribution is 5.89. The molecule has 0 aliphatic rings. The smallest absolute Gasteiger partial charge is 0.294 e. The maximum atomic E-state index is 11.0. The number of rotatable bonds is 2. The van der Waals surface area contributed by atoms with E-state index in [1.54, 1.807) is 6.20 Å². The number of hydrogen-bond donors (Lipinski definition) is 0. The Kier molecular flexibility index (Phi) is 2.29. The number of carbonyl (C=O) groups is 1. The molecule has 0 bridgehead atoms. The van der Waals surface area contributed by atoms with Crippen LogP contribution in [0.1, 0.15) is 23.2 Å². The molecule has 0 aromatic carbocycles. The Labute approximate surface area is 86.1 Å². The molecule has 2 aromatic heterocycles. The fourth-order valence-electron chi connectivity index (χ4n) is 1.18. The van der Waals surface area contributed by atoms with Gasteiger partial charge in [0.1, 0.15) is 5.69 Å². The number of nitrogens with zero attached hydrogens (tertiary/aromatic N) is 3. The lowest BCUT2D eigenvalue weighted by Gasteiger charge is -1.96. The highest BCUT2D eigenvalue weighted by atomic mass is 16.5. The first kappa shape index (κ1) is 9.51. The van der Waals surface area contributed by atoms with Crippen LogP contribution in [0.25, 0.3) is 11.5 Å². The second kappa shape index (κ2) is 3.61. The van der Waals surface area contributed by atoms with E-state index in [9.17, 15) is 4.79 Å². The third-order valence-corrected chi connectivity index (χ3v) is 1.95. The van der Waals surface area contributed by atoms with Crippen molar-refractivity contribution in [3.8, 4) is 11.5 Å². The molecule has 0 saturated heterocycles. The quantitative estimate of drug-likeness (QED) is 0.694. The third-order valence-electron chi connectivity index (χ3n) is 1.95. The summed E-state index contributed by atoms with van der Waals surface area (Å²) in [6, 6.07) is 3.72. The monoisotopic (exact) mass is 203 g/mol. The third kappa shape index (κ3) is 1.76. The van der Waals surface area contributed by atoms with Crippen LogP contribution in [0.3, 0.4) is 0 Å². The second-order valence-corrected chi connectivity index (χ2v) is 3.15. The maximum Gasteiger partial charge on any atom is 0.294 e. The minimum absolute atomic E-state index is 0.00931. The summed E-state index contributed by atoms with van der Waals surface area (Å²) in [5.41, 5.74) is 1.57. The molecule has 5 nitrogen and oxygen atoms in total. The Balaban J connectivity index is 2.46. The summed E-state index contributed by atoms with van der Waals surface area (Å²) in [5.74, 6) is 0.107. The van der Waals surface area contributed by atoms with Crippen LogP contribution in [0, 0.1) is 6.92 Å². The molecule has 0 atom stereocenters. The number of carbonyl (C=O) groups excluding carboxylic acids is 1. The first-order valence-electron chi connectivity index (χ1n) is 4.45. The van der Waals surface area contributed by atoms with Crippen molar-refractivity contribution < 1.29 is 9.32 Å². The van der Waals surface area contributed by atoms with E-state index < -0.39 is 0 Å². The van der Waals surface area contributed by atoms with Gasteiger partial charge in [0.15, 0.2) is 0 Å². The molecule has 2 aromatic rings. The van der Waals surface area contributed by atoms with Gasteiger partial charge in [-0.25, -0.2) is 0 Å². The Morgan fingerprint density at radius 1 is 1.47 bits per heavy atom. The lowest BCUT2D eigenvalue weighted by atomic mass is 10.2. The molecule has 76 valence electrons. The van der Waals surface area contributed by atoms with E-state index in [2.05, 4.69) is 15.1 Å². The van der Waals surface area contributed by atoms with Gasteiger partial charge in [-0.3, -0.25) is 9.78 Å². The highest BCUT2D eigenvalue weighted by Crippen LogP contribution is 2.16. The Bertz CT molecular complexity index is 505. The zero-order valence-electron chi connectivity index (χ0n) is 8.39. The summed E-state index contributed by atoms with van der Waals surface area (Å²) in [6.07, 6.45) is 1.64. The topological polar surface area (TPSA) is 68.9 Å². The highest BCUT2D eigenvalue weighted by Gasteiger charge is 2.13. The van der Waals surface area contributed by atoms with Gasteiger partial charge in [-0.15, -0.1) is 0 Å². The van der Waals surface area contributed by atoms with Crippen LogP contribution in [0.2, 0.25) is 0 Å². The molecular formula is C10H9N3O2. The van der Waals surface area contributed by atoms with E-state index in [0.717, 1.165) is 5.56 Å². The molecule has 0 amide bonds. The Morgan fingerprint density at radius 3 is 2.87 bits per heavy atom. The molecule has 2 heterocycles. The maximum absolute atomic E-state index is 11.0. The summed E-state index contributed by atoms with van der Waals surface area (Å²) < 4.78 is 4.78. The van der Waals surface area contributed by atoms with Crippen LogP contribution in [-0.2, 0) is 0 Å². The molecule has 15 heavy (non-hydrogen) atoms. The fraction of sp³-hybridized carbons (Fsp3) is 0.200. The van der Waals surface area contributed by atoms with E-state index in [1.807, 2.05) is 19.1 Å². The molecule has 5 heteroatoms. The molecule has 0 fully saturated rings. The van der Waals surface area contributed by atoms with Gasteiger partial charge < -0.3 is 4.52 Å². The molecule has 0 aliphatic carbocycles. The number of Topliss-reactive ketones (excluding diaryl/α,β-unsaturated/α-hetero) is 1. The summed E-state index contributed by atoms with van der Waals surface area (Å²) in [4.78, 5) is 19.0. The van der Waals surface area contributed by atoms with E-state index in [-0.39, 0.29) is 11.7 Å². The fourth-order valence-corrected chi connectivity index (χ4v) is 1.18. The van der Waals surface area contributed by atoms with E-state index in [0.29, 0.717) is 11.5 Å². The summed E-state index contributed by atoms with van der Waals surface area (Å²) >= 11 is 0. The summed E-state index contributed by atoms with van der Waals surface area (Å²) in [7, 11) is 0. The van der Waals surface area contributed by atoms with Crippen molar-refractivity contribution in [2.45, 2.75) is 13.8 Å². The van der Waals surface area contributed by atoms with Crippen LogP contribution in [0.4, 0.5) is 0 Å². The summed E-state index contributed by atoms with van der Waals surface area (Å²) in [6.45, 7) is 3.27. The van der Waals surface area contributed by atoms with Crippen LogP contribution in [0.5, 0.6) is 0 Å². The molecule has 0 unspecified atom stereocenters. The normalized spacial score (nSPS) is 10.3. The largest absolute Gasteiger partial charge is 0.330 e. The summed E-state index contributed by atoms with van der Waals surface area (Å²) in [5, 5.41) is 3.70. The van der Waals surface area contributed by atoms with Crippen LogP contribution >= 0.6 is 0 Å². The number of hydrogen-bond acceptors (Lipinski definition) is 5. The van der Waals surface area contributed by atoms with Crippen molar-refractivity contribution in [3.05, 3.63) is 29.8 Å². The average molecular weight is 203 g/mol. The van der Waals surface area contributed by atoms with Crippen LogP contribution in [-0.4, -0.2) is 20.9 Å². The van der Waals surface area contributed by atoms with Gasteiger partial charge in [0, 0.05) is 13.1 Å². The van der Waals surface area contributed by atoms with Gasteiger partial charge in [0.25, 0.3) is 5.89 Å². The average Bonchev–Trinajstić information content (AvgIpc) is 2.67. The minimum Gasteiger partial charge on any atom is -0.330 e. The first-order chi connectivity index (χ1) is 7.18. The van der Waals surface area contributed by atoms with E-state index in [4.69, 9.17) is 4.52 Å².